The molecule has 0 saturated heterocycles. The zero-order valence-electron chi connectivity index (χ0n) is 12.7. The van der Waals surface area contributed by atoms with E-state index in [1.54, 1.807) is 24.3 Å². The number of methoxy groups -OCH3 is 1. The van der Waals surface area contributed by atoms with E-state index < -0.39 is 5.91 Å². The fourth-order valence-corrected chi connectivity index (χ4v) is 2.04. The number of carbonyl (C=O) groups excluding carboxylic acids is 1. The zero-order valence-corrected chi connectivity index (χ0v) is 13.5. The highest BCUT2D eigenvalue weighted by molar-refractivity contribution is 6.31. The van der Waals surface area contributed by atoms with Crippen LogP contribution in [0, 0.1) is 11.3 Å². The van der Waals surface area contributed by atoms with E-state index in [-0.39, 0.29) is 11.3 Å². The van der Waals surface area contributed by atoms with Crippen molar-refractivity contribution in [1.29, 1.82) is 5.26 Å². The van der Waals surface area contributed by atoms with Gasteiger partial charge in [0.15, 0.2) is 0 Å². The number of phenols is 1. The summed E-state index contributed by atoms with van der Waals surface area (Å²) in [6.07, 6.45) is 1.25. The van der Waals surface area contributed by atoms with Crippen LogP contribution in [0.3, 0.4) is 0 Å². The van der Waals surface area contributed by atoms with Crippen molar-refractivity contribution >= 4 is 28.9 Å². The van der Waals surface area contributed by atoms with Crippen LogP contribution < -0.4 is 15.4 Å². The molecule has 0 bridgehead atoms. The van der Waals surface area contributed by atoms with E-state index in [9.17, 15) is 9.90 Å². The lowest BCUT2D eigenvalue weighted by Crippen LogP contribution is -2.15. The number of hydrogen-bond acceptors (Lipinski definition) is 5. The quantitative estimate of drug-likeness (QED) is 0.570. The van der Waals surface area contributed by atoms with Gasteiger partial charge in [-0.3, -0.25) is 4.79 Å². The number of halogens is 1. The van der Waals surface area contributed by atoms with Crippen LogP contribution in [0.4, 0.5) is 11.4 Å². The molecule has 3 N–H and O–H groups in total. The Morgan fingerprint density at radius 1 is 1.33 bits per heavy atom. The maximum absolute atomic E-state index is 12.2. The molecule has 0 aromatic heterocycles. The van der Waals surface area contributed by atoms with Crippen molar-refractivity contribution in [2.24, 2.45) is 0 Å². The van der Waals surface area contributed by atoms with Gasteiger partial charge in [0.05, 0.1) is 12.8 Å². The standard InChI is InChI=1S/C17H14ClN3O3/c1-24-16-6-5-12(18)7-15(16)21-17(23)11(9-19)10-20-13-3-2-4-14(22)8-13/h2-8,10,20,22H,1H3,(H,21,23)/b11-10-. The molecule has 0 aliphatic rings. The van der Waals surface area contributed by atoms with Crippen LogP contribution in [0.1, 0.15) is 0 Å². The van der Waals surface area contributed by atoms with Crippen molar-refractivity contribution in [3.63, 3.8) is 0 Å². The molecule has 0 spiro atoms. The maximum atomic E-state index is 12.2. The van der Waals surface area contributed by atoms with Crippen LogP contribution in [-0.2, 0) is 4.79 Å². The monoisotopic (exact) mass is 343 g/mol. The third-order valence-electron chi connectivity index (χ3n) is 3.00. The third-order valence-corrected chi connectivity index (χ3v) is 3.24. The fourth-order valence-electron chi connectivity index (χ4n) is 1.87. The number of hydrogen-bond donors (Lipinski definition) is 3. The van der Waals surface area contributed by atoms with Gasteiger partial charge in [0.1, 0.15) is 23.1 Å². The summed E-state index contributed by atoms with van der Waals surface area (Å²) in [7, 11) is 1.46. The molecular formula is C17H14ClN3O3. The van der Waals surface area contributed by atoms with Gasteiger partial charge < -0.3 is 20.5 Å². The first-order valence-corrected chi connectivity index (χ1v) is 7.22. The number of nitrogens with zero attached hydrogens (tertiary/aromatic N) is 1. The lowest BCUT2D eigenvalue weighted by atomic mass is 10.2. The predicted octanol–water partition coefficient (Wildman–Crippen LogP) is 3.51. The summed E-state index contributed by atoms with van der Waals surface area (Å²) in [4.78, 5) is 12.2. The smallest absolute Gasteiger partial charge is 0.267 e. The molecular weight excluding hydrogens is 330 g/mol. The average molecular weight is 344 g/mol. The minimum Gasteiger partial charge on any atom is -0.508 e. The number of benzene rings is 2. The van der Waals surface area contributed by atoms with E-state index in [4.69, 9.17) is 21.6 Å². The number of amides is 1. The Kier molecular flexibility index (Phi) is 5.66. The summed E-state index contributed by atoms with van der Waals surface area (Å²) in [5.74, 6) is -0.128. The first kappa shape index (κ1) is 17.2. The van der Waals surface area contributed by atoms with Crippen LogP contribution in [0.2, 0.25) is 5.02 Å². The van der Waals surface area contributed by atoms with E-state index in [0.29, 0.717) is 22.1 Å². The van der Waals surface area contributed by atoms with E-state index in [1.165, 1.54) is 31.5 Å². The van der Waals surface area contributed by atoms with E-state index >= 15 is 0 Å². The number of rotatable bonds is 5. The van der Waals surface area contributed by atoms with Gasteiger partial charge in [0.2, 0.25) is 0 Å². The van der Waals surface area contributed by atoms with Crippen LogP contribution in [0.15, 0.2) is 54.2 Å². The molecule has 0 aliphatic heterocycles. The lowest BCUT2D eigenvalue weighted by molar-refractivity contribution is -0.112. The summed E-state index contributed by atoms with van der Waals surface area (Å²) >= 11 is 5.90. The normalized spacial score (nSPS) is 10.6. The lowest BCUT2D eigenvalue weighted by Gasteiger charge is -2.10. The highest BCUT2D eigenvalue weighted by Gasteiger charge is 2.12. The molecule has 122 valence electrons. The average Bonchev–Trinajstić information content (AvgIpc) is 2.55. The Labute approximate surface area is 143 Å². The van der Waals surface area contributed by atoms with Crippen molar-refractivity contribution < 1.29 is 14.6 Å². The van der Waals surface area contributed by atoms with E-state index in [0.717, 1.165) is 0 Å². The second-order valence-electron chi connectivity index (χ2n) is 4.66. The molecule has 0 atom stereocenters. The van der Waals surface area contributed by atoms with Crippen molar-refractivity contribution in [2.75, 3.05) is 17.7 Å². The summed E-state index contributed by atoms with van der Waals surface area (Å²) in [6.45, 7) is 0. The molecule has 7 heteroatoms. The Balaban J connectivity index is 2.16. The van der Waals surface area contributed by atoms with Crippen molar-refractivity contribution in [2.45, 2.75) is 0 Å². The van der Waals surface area contributed by atoms with Gasteiger partial charge in [-0.2, -0.15) is 5.26 Å². The number of nitriles is 1. The number of nitrogens with one attached hydrogen (secondary N) is 2. The van der Waals surface area contributed by atoms with Crippen LogP contribution in [0.5, 0.6) is 11.5 Å². The summed E-state index contributed by atoms with van der Waals surface area (Å²) < 4.78 is 5.14. The molecule has 2 aromatic rings. The Hall–Kier alpha value is -3.17. The molecule has 0 radical (unpaired) electrons. The highest BCUT2D eigenvalue weighted by Crippen LogP contribution is 2.28. The van der Waals surface area contributed by atoms with Gasteiger partial charge in [0, 0.05) is 23.0 Å². The minimum atomic E-state index is -0.620. The number of anilines is 2. The minimum absolute atomic E-state index is 0.0695. The van der Waals surface area contributed by atoms with Crippen LogP contribution >= 0.6 is 11.6 Å². The van der Waals surface area contributed by atoms with E-state index in [1.807, 2.05) is 6.07 Å². The van der Waals surface area contributed by atoms with Gasteiger partial charge >= 0.3 is 0 Å². The second-order valence-corrected chi connectivity index (χ2v) is 5.10. The number of aromatic hydroxyl groups is 1. The van der Waals surface area contributed by atoms with Crippen molar-refractivity contribution in [3.8, 4) is 17.6 Å². The Bertz CT molecular complexity index is 828. The predicted molar refractivity (Wildman–Crippen MR) is 92.1 cm³/mol. The summed E-state index contributed by atoms with van der Waals surface area (Å²) in [5.41, 5.74) is 0.741. The second kappa shape index (κ2) is 7.90. The van der Waals surface area contributed by atoms with Gasteiger partial charge in [-0.1, -0.05) is 17.7 Å². The molecule has 1 amide bonds. The molecule has 24 heavy (non-hydrogen) atoms. The van der Waals surface area contributed by atoms with Crippen LogP contribution in [-0.4, -0.2) is 18.1 Å². The molecule has 0 fully saturated rings. The topological polar surface area (TPSA) is 94.4 Å². The summed E-state index contributed by atoms with van der Waals surface area (Å²) in [5, 5.41) is 24.3. The number of carbonyl (C=O) groups is 1. The third kappa shape index (κ3) is 4.41. The van der Waals surface area contributed by atoms with Gasteiger partial charge in [-0.15, -0.1) is 0 Å². The largest absolute Gasteiger partial charge is 0.508 e. The maximum Gasteiger partial charge on any atom is 0.267 e. The number of ether oxygens (including phenoxy) is 1. The first-order valence-electron chi connectivity index (χ1n) is 6.84. The Morgan fingerprint density at radius 2 is 2.12 bits per heavy atom. The van der Waals surface area contributed by atoms with E-state index in [2.05, 4.69) is 10.6 Å². The van der Waals surface area contributed by atoms with Crippen LogP contribution in [0.25, 0.3) is 0 Å². The fraction of sp³-hybridized carbons (Fsp3) is 0.0588. The highest BCUT2D eigenvalue weighted by atomic mass is 35.5. The van der Waals surface area contributed by atoms with Gasteiger partial charge in [-0.05, 0) is 30.3 Å². The summed E-state index contributed by atoms with van der Waals surface area (Å²) in [6, 6.07) is 12.9. The first-order chi connectivity index (χ1) is 11.5. The SMILES string of the molecule is COc1ccc(Cl)cc1NC(=O)/C(C#N)=C\Nc1cccc(O)c1. The molecule has 0 unspecified atom stereocenters. The van der Waals surface area contributed by atoms with Gasteiger partial charge in [-0.25, -0.2) is 0 Å². The number of phenolic OH excluding ortho intramolecular Hbond substituents is 1. The molecule has 2 aromatic carbocycles. The van der Waals surface area contributed by atoms with Crippen molar-refractivity contribution in [3.05, 3.63) is 59.3 Å². The molecule has 6 nitrogen and oxygen atoms in total. The van der Waals surface area contributed by atoms with Crippen molar-refractivity contribution in [1.82, 2.24) is 0 Å². The Morgan fingerprint density at radius 3 is 2.79 bits per heavy atom. The van der Waals surface area contributed by atoms with Gasteiger partial charge in [0.25, 0.3) is 5.91 Å². The molecule has 0 heterocycles. The molecule has 0 saturated carbocycles. The zero-order chi connectivity index (χ0) is 17.5. The molecule has 2 rings (SSSR count). The molecule has 0 aliphatic carbocycles.